The van der Waals surface area contributed by atoms with Crippen molar-refractivity contribution in [3.63, 3.8) is 0 Å². The third-order valence-corrected chi connectivity index (χ3v) is 15.4. The molecule has 1 aliphatic heterocycles. The third-order valence-electron chi connectivity index (χ3n) is 15.4. The molecule has 0 bridgehead atoms. The molecule has 0 radical (unpaired) electrons. The zero-order chi connectivity index (χ0) is 49.5. The number of rotatable bonds is 50. The molecule has 2 heteroatoms. The van der Waals surface area contributed by atoms with Crippen molar-refractivity contribution >= 4 is 11.4 Å². The molecule has 0 saturated heterocycles. The minimum atomic E-state index is 0.878. The molecular weight excluding hydrogens is 845 g/mol. The molecule has 394 valence electrons. The molecule has 0 atom stereocenters. The van der Waals surface area contributed by atoms with Gasteiger partial charge in [0, 0.05) is 23.3 Å². The average molecular weight is 958 g/mol. The molecule has 0 spiro atoms. The first kappa shape index (κ1) is 61.3. The van der Waals surface area contributed by atoms with E-state index in [0.29, 0.717) is 0 Å². The lowest BCUT2D eigenvalue weighted by Gasteiger charge is -2.14. The standard InChI is InChI=1S/C68H112N2/c1-3-5-7-9-11-13-15-17-19-21-23-25-27-29-31-33-35-37-39-41-43-45-47-49-55-63-57-51-53-59-65(63)67-61-62-68(70(67)69)66-60-54-52-58-64(66)56-50-48-46-44-42-40-38-36-34-32-30-28-26-24-22-20-18-16-14-12-10-8-6-4-2/h45-48,51-54,57-62H,3-44,49-50,55-56H2,1-2H3. The van der Waals surface area contributed by atoms with Gasteiger partial charge in [-0.3, -0.25) is 0 Å². The van der Waals surface area contributed by atoms with Crippen molar-refractivity contribution in [2.75, 3.05) is 0 Å². The summed E-state index contributed by atoms with van der Waals surface area (Å²) in [5.41, 5.74) is 18.2. The van der Waals surface area contributed by atoms with Crippen LogP contribution in [0.2, 0.25) is 0 Å². The third kappa shape index (κ3) is 31.5. The fraction of sp³-hybridized carbons (Fsp3) is 0.706. The highest BCUT2D eigenvalue weighted by atomic mass is 15.2. The lowest BCUT2D eigenvalue weighted by atomic mass is 9.99. The largest absolute Gasteiger partial charge is 0.493 e. The van der Waals surface area contributed by atoms with Gasteiger partial charge in [-0.25, -0.2) is 4.70 Å². The van der Waals surface area contributed by atoms with E-state index < -0.39 is 0 Å². The quantitative estimate of drug-likeness (QED) is 0.0359. The molecule has 0 N–H and O–H groups in total. The molecule has 0 aromatic heterocycles. The topological polar surface area (TPSA) is 25.3 Å². The molecular formula is C68H112N2. The van der Waals surface area contributed by atoms with Crippen molar-refractivity contribution in [1.29, 1.82) is 0 Å². The number of benzene rings is 2. The van der Waals surface area contributed by atoms with E-state index >= 15 is 0 Å². The maximum absolute atomic E-state index is 11.6. The molecule has 1 heterocycles. The van der Waals surface area contributed by atoms with Gasteiger partial charge in [0.25, 0.3) is 0 Å². The zero-order valence-electron chi connectivity index (χ0n) is 46.5. The van der Waals surface area contributed by atoms with Crippen LogP contribution in [0.4, 0.5) is 0 Å². The van der Waals surface area contributed by atoms with E-state index in [-0.39, 0.29) is 0 Å². The van der Waals surface area contributed by atoms with Crippen molar-refractivity contribution in [3.05, 3.63) is 113 Å². The summed E-state index contributed by atoms with van der Waals surface area (Å²) in [6.07, 6.45) is 77.5. The zero-order valence-corrected chi connectivity index (χ0v) is 46.5. The first-order valence-electron chi connectivity index (χ1n) is 31.1. The highest BCUT2D eigenvalue weighted by Gasteiger charge is 2.25. The SMILES string of the molecule is CCCCCCCCCCCCCCCCCCCCCCC=CCCc1ccccc1C1=CC=C(c2ccccc2CCC=CCCCCCCCCCCCCCCCCCCCCCC)[N+]1=[N-]. The predicted molar refractivity (Wildman–Crippen MR) is 313 cm³/mol. The van der Waals surface area contributed by atoms with Gasteiger partial charge in [-0.2, -0.15) is 0 Å². The van der Waals surface area contributed by atoms with Gasteiger partial charge < -0.3 is 5.53 Å². The average Bonchev–Trinajstić information content (AvgIpc) is 3.76. The molecule has 0 aliphatic carbocycles. The van der Waals surface area contributed by atoms with Gasteiger partial charge in [0.1, 0.15) is 0 Å². The number of hydrogen-bond donors (Lipinski definition) is 0. The van der Waals surface area contributed by atoms with Crippen molar-refractivity contribution < 1.29 is 4.70 Å². The number of allylic oxidation sites excluding steroid dienone is 6. The molecule has 1 aliphatic rings. The van der Waals surface area contributed by atoms with Gasteiger partial charge >= 0.3 is 0 Å². The van der Waals surface area contributed by atoms with E-state index in [1.807, 2.05) is 0 Å². The summed E-state index contributed by atoms with van der Waals surface area (Å²) in [5, 5.41) is 0. The lowest BCUT2D eigenvalue weighted by molar-refractivity contribution is -0.344. The van der Waals surface area contributed by atoms with Gasteiger partial charge in [-0.1, -0.05) is 319 Å². The van der Waals surface area contributed by atoms with Crippen LogP contribution in [0, 0.1) is 0 Å². The summed E-state index contributed by atoms with van der Waals surface area (Å²) in [7, 11) is 0. The molecule has 70 heavy (non-hydrogen) atoms. The van der Waals surface area contributed by atoms with Crippen LogP contribution in [0.15, 0.2) is 85.0 Å². The van der Waals surface area contributed by atoms with Crippen molar-refractivity contribution in [3.8, 4) is 0 Å². The molecule has 0 unspecified atom stereocenters. The van der Waals surface area contributed by atoms with Crippen LogP contribution >= 0.6 is 0 Å². The van der Waals surface area contributed by atoms with Crippen LogP contribution in [0.25, 0.3) is 16.9 Å². The van der Waals surface area contributed by atoms with Crippen LogP contribution in [0.1, 0.15) is 319 Å². The second-order valence-electron chi connectivity index (χ2n) is 21.8. The minimum Gasteiger partial charge on any atom is -0.493 e. The number of nitrogens with zero attached hydrogens (tertiary/aromatic N) is 2. The minimum absolute atomic E-state index is 0.878. The van der Waals surface area contributed by atoms with Crippen molar-refractivity contribution in [1.82, 2.24) is 0 Å². The number of aryl methyl sites for hydroxylation is 2. The molecule has 0 saturated carbocycles. The normalized spacial score (nSPS) is 12.9. The summed E-state index contributed by atoms with van der Waals surface area (Å²) in [4.78, 5) is 0. The van der Waals surface area contributed by atoms with Crippen LogP contribution in [-0.2, 0) is 12.8 Å². The van der Waals surface area contributed by atoms with Crippen LogP contribution in [0.5, 0.6) is 0 Å². The maximum Gasteiger partial charge on any atom is 0.207 e. The second-order valence-corrected chi connectivity index (χ2v) is 21.8. The van der Waals surface area contributed by atoms with E-state index in [1.165, 1.54) is 285 Å². The first-order chi connectivity index (χ1) is 34.8. The Bertz CT molecular complexity index is 1520. The summed E-state index contributed by atoms with van der Waals surface area (Å²) in [6, 6.07) is 17.3. The lowest BCUT2D eigenvalue weighted by Crippen LogP contribution is -2.05. The highest BCUT2D eigenvalue weighted by molar-refractivity contribution is 5.77. The van der Waals surface area contributed by atoms with Crippen LogP contribution in [0.3, 0.4) is 0 Å². The van der Waals surface area contributed by atoms with Crippen molar-refractivity contribution in [2.45, 2.75) is 309 Å². The van der Waals surface area contributed by atoms with Gasteiger partial charge in [0.05, 0.1) is 0 Å². The Labute approximate surface area is 436 Å². The van der Waals surface area contributed by atoms with Gasteiger partial charge in [-0.05, 0) is 74.6 Å². The smallest absolute Gasteiger partial charge is 0.207 e. The second kappa shape index (κ2) is 45.8. The Hall–Kier alpha value is -3.00. The summed E-state index contributed by atoms with van der Waals surface area (Å²) < 4.78 is 1.43. The Morgan fingerprint density at radius 2 is 0.529 bits per heavy atom. The Balaban J connectivity index is 1.16. The molecule has 0 amide bonds. The fourth-order valence-electron chi connectivity index (χ4n) is 10.8. The Morgan fingerprint density at radius 1 is 0.300 bits per heavy atom. The first-order valence-corrected chi connectivity index (χ1v) is 31.1. The highest BCUT2D eigenvalue weighted by Crippen LogP contribution is 2.34. The van der Waals surface area contributed by atoms with E-state index in [9.17, 15) is 5.53 Å². The summed E-state index contributed by atoms with van der Waals surface area (Å²) >= 11 is 0. The molecule has 0 fully saturated rings. The van der Waals surface area contributed by atoms with E-state index in [1.54, 1.807) is 0 Å². The van der Waals surface area contributed by atoms with Gasteiger partial charge in [-0.15, -0.1) is 0 Å². The molecule has 3 rings (SSSR count). The predicted octanol–water partition coefficient (Wildman–Crippen LogP) is 23.5. The van der Waals surface area contributed by atoms with Crippen molar-refractivity contribution in [2.24, 2.45) is 0 Å². The van der Waals surface area contributed by atoms with Crippen LogP contribution in [-0.4, -0.2) is 4.70 Å². The summed E-state index contributed by atoms with van der Waals surface area (Å²) in [5.74, 6) is 0. The summed E-state index contributed by atoms with van der Waals surface area (Å²) in [6.45, 7) is 4.61. The Morgan fingerprint density at radius 3 is 0.800 bits per heavy atom. The number of unbranched alkanes of at least 4 members (excludes halogenated alkanes) is 40. The van der Waals surface area contributed by atoms with Gasteiger partial charge in [0.15, 0.2) is 0 Å². The van der Waals surface area contributed by atoms with Gasteiger partial charge in [0.2, 0.25) is 11.4 Å². The Kier molecular flexibility index (Phi) is 40.1. The van der Waals surface area contributed by atoms with E-state index in [0.717, 1.165) is 48.2 Å². The number of hydrogen-bond acceptors (Lipinski definition) is 0. The van der Waals surface area contributed by atoms with E-state index in [4.69, 9.17) is 0 Å². The van der Waals surface area contributed by atoms with E-state index in [2.05, 4.69) is 98.8 Å². The molecule has 2 aromatic carbocycles. The molecule has 2 aromatic rings. The van der Waals surface area contributed by atoms with Crippen LogP contribution < -0.4 is 0 Å². The maximum atomic E-state index is 11.6. The molecule has 2 nitrogen and oxygen atoms in total. The fourth-order valence-corrected chi connectivity index (χ4v) is 10.8. The monoisotopic (exact) mass is 957 g/mol.